The molecule has 17 heavy (non-hydrogen) atoms. The fraction of sp³-hybridized carbons (Fsp3) is 0.500. The van der Waals surface area contributed by atoms with E-state index in [1.54, 1.807) is 0 Å². The molecule has 1 aliphatic rings. The lowest BCUT2D eigenvalue weighted by molar-refractivity contribution is 0.183. The van der Waals surface area contributed by atoms with Gasteiger partial charge in [-0.05, 0) is 35.0 Å². The average molecular weight is 364 g/mol. The Morgan fingerprint density at radius 2 is 1.94 bits per heavy atom. The predicted molar refractivity (Wildman–Crippen MR) is 76.4 cm³/mol. The number of phenols is 1. The first kappa shape index (κ1) is 13.3. The van der Waals surface area contributed by atoms with E-state index in [0.717, 1.165) is 40.7 Å². The van der Waals surface area contributed by atoms with Gasteiger partial charge in [0, 0.05) is 42.3 Å². The second-order valence-corrected chi connectivity index (χ2v) is 6.06. The quantitative estimate of drug-likeness (QED) is 0.848. The maximum Gasteiger partial charge on any atom is 0.134 e. The summed E-state index contributed by atoms with van der Waals surface area (Å²) >= 11 is 6.85. The third-order valence-electron chi connectivity index (χ3n) is 3.21. The van der Waals surface area contributed by atoms with Crippen LogP contribution in [-0.4, -0.2) is 36.2 Å². The molecule has 1 heterocycles. The number of nitrogens with zero attached hydrogens (tertiary/aromatic N) is 1. The summed E-state index contributed by atoms with van der Waals surface area (Å²) in [7, 11) is 0. The number of aromatic hydroxyl groups is 1. The average Bonchev–Trinajstić information content (AvgIpc) is 2.34. The van der Waals surface area contributed by atoms with Gasteiger partial charge in [-0.15, -0.1) is 0 Å². The number of rotatable bonds is 2. The molecule has 1 atom stereocenters. The molecule has 1 saturated heterocycles. The van der Waals surface area contributed by atoms with Crippen LogP contribution in [0.4, 0.5) is 0 Å². The van der Waals surface area contributed by atoms with E-state index in [-0.39, 0.29) is 6.04 Å². The van der Waals surface area contributed by atoms with Crippen LogP contribution in [0.1, 0.15) is 18.5 Å². The summed E-state index contributed by atoms with van der Waals surface area (Å²) in [5.74, 6) is 0.347. The topological polar surface area (TPSA) is 35.5 Å². The molecule has 5 heteroatoms. The molecule has 0 amide bonds. The predicted octanol–water partition coefficient (Wildman–Crippen LogP) is 2.88. The van der Waals surface area contributed by atoms with Crippen LogP contribution in [0.2, 0.25) is 0 Å². The highest BCUT2D eigenvalue weighted by Crippen LogP contribution is 2.37. The van der Waals surface area contributed by atoms with E-state index < -0.39 is 0 Å². The van der Waals surface area contributed by atoms with E-state index in [9.17, 15) is 5.11 Å². The Labute approximate surface area is 118 Å². The lowest BCUT2D eigenvalue weighted by atomic mass is 10.1. The lowest BCUT2D eigenvalue weighted by Crippen LogP contribution is -2.44. The number of benzene rings is 1. The highest BCUT2D eigenvalue weighted by molar-refractivity contribution is 9.11. The monoisotopic (exact) mass is 362 g/mol. The smallest absolute Gasteiger partial charge is 0.134 e. The summed E-state index contributed by atoms with van der Waals surface area (Å²) in [4.78, 5) is 2.38. The van der Waals surface area contributed by atoms with Gasteiger partial charge >= 0.3 is 0 Å². The first-order valence-corrected chi connectivity index (χ1v) is 7.31. The lowest BCUT2D eigenvalue weighted by Gasteiger charge is -2.33. The molecule has 1 aromatic rings. The summed E-state index contributed by atoms with van der Waals surface area (Å²) in [6, 6.07) is 4.08. The van der Waals surface area contributed by atoms with Crippen molar-refractivity contribution in [1.82, 2.24) is 10.2 Å². The van der Waals surface area contributed by atoms with E-state index in [0.29, 0.717) is 5.75 Å². The standard InChI is InChI=1S/C12H16Br2N2O/c1-8(16-4-2-15-3-5-16)10-6-9(13)7-11(14)12(10)17/h6-8,15,17H,2-5H2,1H3/t8-/m0/s1. The second-order valence-electron chi connectivity index (χ2n) is 4.29. The van der Waals surface area contributed by atoms with Gasteiger partial charge in [0.15, 0.2) is 0 Å². The Hall–Kier alpha value is -0.100. The van der Waals surface area contributed by atoms with Crippen LogP contribution >= 0.6 is 31.9 Å². The molecule has 1 aromatic carbocycles. The van der Waals surface area contributed by atoms with Crippen molar-refractivity contribution in [2.45, 2.75) is 13.0 Å². The molecule has 3 nitrogen and oxygen atoms in total. The number of hydrogen-bond donors (Lipinski definition) is 2. The van der Waals surface area contributed by atoms with Gasteiger partial charge in [0.2, 0.25) is 0 Å². The van der Waals surface area contributed by atoms with Gasteiger partial charge in [0.25, 0.3) is 0 Å². The zero-order valence-corrected chi connectivity index (χ0v) is 12.9. The number of nitrogens with one attached hydrogen (secondary N) is 1. The molecule has 0 spiro atoms. The van der Waals surface area contributed by atoms with Crippen molar-refractivity contribution in [3.8, 4) is 5.75 Å². The van der Waals surface area contributed by atoms with Crippen molar-refractivity contribution < 1.29 is 5.11 Å². The molecule has 0 aromatic heterocycles. The van der Waals surface area contributed by atoms with Gasteiger partial charge in [-0.25, -0.2) is 0 Å². The van der Waals surface area contributed by atoms with Crippen molar-refractivity contribution in [2.75, 3.05) is 26.2 Å². The zero-order valence-electron chi connectivity index (χ0n) is 9.71. The first-order chi connectivity index (χ1) is 8.09. The normalized spacial score (nSPS) is 19.2. The summed E-state index contributed by atoms with van der Waals surface area (Å²) in [6.07, 6.45) is 0. The van der Waals surface area contributed by atoms with E-state index in [2.05, 4.69) is 49.0 Å². The van der Waals surface area contributed by atoms with Crippen LogP contribution < -0.4 is 5.32 Å². The number of piperazine rings is 1. The summed E-state index contributed by atoms with van der Waals surface area (Å²) in [5, 5.41) is 13.4. The minimum Gasteiger partial charge on any atom is -0.506 e. The number of halogens is 2. The minimum absolute atomic E-state index is 0.228. The molecule has 1 fully saturated rings. The molecule has 0 aliphatic carbocycles. The largest absolute Gasteiger partial charge is 0.506 e. The van der Waals surface area contributed by atoms with Gasteiger partial charge in [0.1, 0.15) is 5.75 Å². The molecule has 0 saturated carbocycles. The number of phenolic OH excluding ortho intramolecular Hbond substituents is 1. The molecule has 94 valence electrons. The summed E-state index contributed by atoms with van der Waals surface area (Å²) < 4.78 is 1.73. The number of hydrogen-bond acceptors (Lipinski definition) is 3. The van der Waals surface area contributed by atoms with Gasteiger partial charge in [-0.1, -0.05) is 15.9 Å². The molecule has 2 rings (SSSR count). The molecule has 0 radical (unpaired) electrons. The maximum absolute atomic E-state index is 10.1. The van der Waals surface area contributed by atoms with Gasteiger partial charge < -0.3 is 10.4 Å². The maximum atomic E-state index is 10.1. The Balaban J connectivity index is 2.26. The highest BCUT2D eigenvalue weighted by Gasteiger charge is 2.21. The molecule has 2 N–H and O–H groups in total. The fourth-order valence-electron chi connectivity index (χ4n) is 2.17. The van der Waals surface area contributed by atoms with E-state index in [1.165, 1.54) is 0 Å². The van der Waals surface area contributed by atoms with Crippen molar-refractivity contribution in [1.29, 1.82) is 0 Å². The van der Waals surface area contributed by atoms with Crippen LogP contribution in [0.5, 0.6) is 5.75 Å². The Bertz CT molecular complexity index is 406. The first-order valence-electron chi connectivity index (χ1n) is 5.72. The third-order valence-corrected chi connectivity index (χ3v) is 4.27. The minimum atomic E-state index is 0.228. The summed E-state index contributed by atoms with van der Waals surface area (Å²) in [6.45, 7) is 6.20. The molecular weight excluding hydrogens is 348 g/mol. The molecule has 1 aliphatic heterocycles. The Morgan fingerprint density at radius 1 is 1.29 bits per heavy atom. The van der Waals surface area contributed by atoms with E-state index in [1.807, 2.05) is 12.1 Å². The zero-order chi connectivity index (χ0) is 12.4. The van der Waals surface area contributed by atoms with Gasteiger partial charge in [-0.2, -0.15) is 0 Å². The molecular formula is C12H16Br2N2O. The van der Waals surface area contributed by atoms with Crippen LogP contribution in [0.15, 0.2) is 21.1 Å². The van der Waals surface area contributed by atoms with Crippen LogP contribution in [-0.2, 0) is 0 Å². The van der Waals surface area contributed by atoms with Crippen molar-refractivity contribution >= 4 is 31.9 Å². The third kappa shape index (κ3) is 3.02. The van der Waals surface area contributed by atoms with E-state index in [4.69, 9.17) is 0 Å². The molecule has 0 unspecified atom stereocenters. The SMILES string of the molecule is C[C@@H](c1cc(Br)cc(Br)c1O)N1CCNCC1. The highest BCUT2D eigenvalue weighted by atomic mass is 79.9. The van der Waals surface area contributed by atoms with Gasteiger partial charge in [-0.3, -0.25) is 4.90 Å². The van der Waals surface area contributed by atoms with Crippen LogP contribution in [0.3, 0.4) is 0 Å². The summed E-state index contributed by atoms with van der Waals surface area (Å²) in [5.41, 5.74) is 0.966. The second kappa shape index (κ2) is 5.69. The van der Waals surface area contributed by atoms with Crippen molar-refractivity contribution in [2.24, 2.45) is 0 Å². The fourth-order valence-corrected chi connectivity index (χ4v) is 3.43. The van der Waals surface area contributed by atoms with E-state index >= 15 is 0 Å². The molecule has 0 bridgehead atoms. The Morgan fingerprint density at radius 3 is 2.59 bits per heavy atom. The van der Waals surface area contributed by atoms with Crippen LogP contribution in [0, 0.1) is 0 Å². The Kier molecular flexibility index (Phi) is 4.47. The van der Waals surface area contributed by atoms with Crippen molar-refractivity contribution in [3.05, 3.63) is 26.6 Å². The van der Waals surface area contributed by atoms with Crippen molar-refractivity contribution in [3.63, 3.8) is 0 Å². The van der Waals surface area contributed by atoms with Gasteiger partial charge in [0.05, 0.1) is 4.47 Å². The van der Waals surface area contributed by atoms with Crippen LogP contribution in [0.25, 0.3) is 0 Å².